The first-order chi connectivity index (χ1) is 16.6. The molecule has 2 aliphatic rings. The Labute approximate surface area is 201 Å². The topological polar surface area (TPSA) is 79.3 Å². The molecule has 0 radical (unpaired) electrons. The molecule has 0 unspecified atom stereocenters. The van der Waals surface area contributed by atoms with E-state index in [4.69, 9.17) is 31.1 Å². The molecule has 1 atom stereocenters. The molecule has 0 fully saturated rings. The molecule has 0 aliphatic carbocycles. The molecule has 2 aromatic heterocycles. The van der Waals surface area contributed by atoms with E-state index in [1.54, 1.807) is 0 Å². The number of rotatable bonds is 5. The monoisotopic (exact) mass is 474 g/mol. The molecule has 4 heterocycles. The van der Waals surface area contributed by atoms with E-state index in [-0.39, 0.29) is 12.1 Å². The van der Waals surface area contributed by atoms with Crippen molar-refractivity contribution in [2.24, 2.45) is 4.99 Å². The number of halogens is 1. The Balaban J connectivity index is 1.46. The highest BCUT2D eigenvalue weighted by molar-refractivity contribution is 6.31. The second kappa shape index (κ2) is 8.38. The molecule has 2 aliphatic heterocycles. The maximum Gasteiger partial charge on any atom is 0.238 e. The number of hydrogen-bond acceptors (Lipinski definition) is 6. The number of imidazole rings is 1. The summed E-state index contributed by atoms with van der Waals surface area (Å²) < 4.78 is 16.0. The fraction of sp³-hybridized carbons (Fsp3) is 0.280. The van der Waals surface area contributed by atoms with Crippen LogP contribution in [0.4, 0.5) is 0 Å². The van der Waals surface area contributed by atoms with Gasteiger partial charge in [0.25, 0.3) is 0 Å². The smallest absolute Gasteiger partial charge is 0.238 e. The highest BCUT2D eigenvalue weighted by Gasteiger charge is 2.31. The van der Waals surface area contributed by atoms with E-state index in [9.17, 15) is 0 Å². The highest BCUT2D eigenvalue weighted by atomic mass is 35.5. The first-order valence-electron chi connectivity index (χ1n) is 11.2. The predicted octanol–water partition coefficient (Wildman–Crippen LogP) is 4.59. The van der Waals surface area contributed by atoms with E-state index in [1.807, 2.05) is 56.6 Å². The van der Waals surface area contributed by atoms with E-state index >= 15 is 0 Å². The van der Waals surface area contributed by atoms with Gasteiger partial charge in [0.1, 0.15) is 31.3 Å². The molecule has 4 aromatic rings. The molecule has 0 saturated heterocycles. The number of aromatic nitrogens is 5. The highest BCUT2D eigenvalue weighted by Crippen LogP contribution is 2.35. The van der Waals surface area contributed by atoms with Gasteiger partial charge in [0.2, 0.25) is 5.90 Å². The lowest BCUT2D eigenvalue weighted by Gasteiger charge is -2.11. The van der Waals surface area contributed by atoms with Crippen LogP contribution in [0, 0.1) is 0 Å². The van der Waals surface area contributed by atoms with Crippen LogP contribution in [0.5, 0.6) is 0 Å². The van der Waals surface area contributed by atoms with Gasteiger partial charge < -0.3 is 14.0 Å². The minimum Gasteiger partial charge on any atom is -0.474 e. The van der Waals surface area contributed by atoms with Crippen LogP contribution in [0.25, 0.3) is 17.1 Å². The quantitative estimate of drug-likeness (QED) is 0.372. The molecule has 2 aromatic carbocycles. The number of ether oxygens (including phenoxy) is 2. The summed E-state index contributed by atoms with van der Waals surface area (Å²) in [6, 6.07) is 15.9. The van der Waals surface area contributed by atoms with E-state index in [2.05, 4.69) is 31.5 Å². The summed E-state index contributed by atoms with van der Waals surface area (Å²) >= 11 is 6.37. The number of fused-ring (bicyclic) bond motifs is 5. The van der Waals surface area contributed by atoms with Crippen LogP contribution in [0.2, 0.25) is 5.02 Å². The molecule has 0 bridgehead atoms. The molecule has 0 N–H and O–H groups in total. The van der Waals surface area contributed by atoms with E-state index in [0.717, 1.165) is 39.9 Å². The Morgan fingerprint density at radius 3 is 2.82 bits per heavy atom. The van der Waals surface area contributed by atoms with Crippen molar-refractivity contribution in [3.8, 4) is 17.1 Å². The summed E-state index contributed by atoms with van der Waals surface area (Å²) in [5.41, 5.74) is 4.60. The van der Waals surface area contributed by atoms with E-state index < -0.39 is 0 Å². The standard InChI is InChI=1S/C25H23ClN6O2/c1-15(2)33-13-22-29-30-24-18-10-17(26)8-9-20(18)32-14-27-23(21(32)11-31(22)24)25-28-19(12-34-25)16-6-4-3-5-7-16/h3-10,14-15,19H,11-13H2,1-2H3/t19-/m0/s1. The third kappa shape index (κ3) is 3.59. The molecule has 9 heteroatoms. The molecule has 0 spiro atoms. The summed E-state index contributed by atoms with van der Waals surface area (Å²) in [6.07, 6.45) is 1.89. The van der Waals surface area contributed by atoms with Gasteiger partial charge in [-0.05, 0) is 37.6 Å². The Bertz CT molecular complexity index is 1390. The maximum atomic E-state index is 6.37. The molecule has 172 valence electrons. The predicted molar refractivity (Wildman–Crippen MR) is 128 cm³/mol. The van der Waals surface area contributed by atoms with Crippen LogP contribution in [-0.4, -0.2) is 42.9 Å². The van der Waals surface area contributed by atoms with Crippen LogP contribution < -0.4 is 0 Å². The summed E-state index contributed by atoms with van der Waals surface area (Å²) in [5.74, 6) is 2.03. The second-order valence-electron chi connectivity index (χ2n) is 8.63. The molecule has 8 nitrogen and oxygen atoms in total. The van der Waals surface area contributed by atoms with Gasteiger partial charge in [-0.25, -0.2) is 9.98 Å². The molecule has 0 saturated carbocycles. The lowest BCUT2D eigenvalue weighted by Crippen LogP contribution is -2.14. The first-order valence-corrected chi connectivity index (χ1v) is 11.6. The van der Waals surface area contributed by atoms with Crippen LogP contribution in [0.3, 0.4) is 0 Å². The maximum absolute atomic E-state index is 6.37. The Hall–Kier alpha value is -3.49. The number of hydrogen-bond donors (Lipinski definition) is 0. The summed E-state index contributed by atoms with van der Waals surface area (Å²) in [4.78, 5) is 9.59. The zero-order chi connectivity index (χ0) is 23.2. The Kier molecular flexibility index (Phi) is 5.19. The van der Waals surface area contributed by atoms with Crippen molar-refractivity contribution in [3.05, 3.63) is 82.7 Å². The van der Waals surface area contributed by atoms with Crippen LogP contribution in [0.15, 0.2) is 59.9 Å². The first kappa shape index (κ1) is 21.1. The lowest BCUT2D eigenvalue weighted by atomic mass is 10.1. The van der Waals surface area contributed by atoms with Crippen molar-refractivity contribution >= 4 is 17.5 Å². The SMILES string of the molecule is CC(C)OCc1nnc2n1Cc1c(C3=N[C@H](c4ccccc4)CO3)ncn1-c1ccc(Cl)cc1-2. The number of aliphatic imine (C=N–C) groups is 1. The number of benzene rings is 2. The summed E-state index contributed by atoms with van der Waals surface area (Å²) in [7, 11) is 0. The third-order valence-electron chi connectivity index (χ3n) is 6.04. The van der Waals surface area contributed by atoms with Crippen molar-refractivity contribution in [1.29, 1.82) is 0 Å². The summed E-state index contributed by atoms with van der Waals surface area (Å²) in [6.45, 7) is 5.35. The minimum atomic E-state index is -0.0501. The largest absolute Gasteiger partial charge is 0.474 e. The molecule has 34 heavy (non-hydrogen) atoms. The molecular weight excluding hydrogens is 452 g/mol. The Morgan fingerprint density at radius 1 is 1.15 bits per heavy atom. The van der Waals surface area contributed by atoms with Gasteiger partial charge in [-0.2, -0.15) is 0 Å². The molecular formula is C25H23ClN6O2. The van der Waals surface area contributed by atoms with Gasteiger partial charge in [0.15, 0.2) is 11.6 Å². The van der Waals surface area contributed by atoms with Crippen LogP contribution in [-0.2, 0) is 22.6 Å². The molecule has 6 rings (SSSR count). The second-order valence-corrected chi connectivity index (χ2v) is 9.07. The van der Waals surface area contributed by atoms with E-state index in [0.29, 0.717) is 30.7 Å². The fourth-order valence-electron chi connectivity index (χ4n) is 4.36. The zero-order valence-electron chi connectivity index (χ0n) is 18.8. The van der Waals surface area contributed by atoms with Crippen molar-refractivity contribution < 1.29 is 9.47 Å². The van der Waals surface area contributed by atoms with Crippen molar-refractivity contribution in [2.75, 3.05) is 6.61 Å². The zero-order valence-corrected chi connectivity index (χ0v) is 19.6. The van der Waals surface area contributed by atoms with Crippen LogP contribution >= 0.6 is 11.6 Å². The van der Waals surface area contributed by atoms with Gasteiger partial charge in [0, 0.05) is 10.6 Å². The number of nitrogens with zero attached hydrogens (tertiary/aromatic N) is 6. The van der Waals surface area contributed by atoms with Gasteiger partial charge in [-0.1, -0.05) is 41.9 Å². The summed E-state index contributed by atoms with van der Waals surface area (Å²) in [5, 5.41) is 9.56. The van der Waals surface area contributed by atoms with Crippen molar-refractivity contribution in [3.63, 3.8) is 0 Å². The average molecular weight is 475 g/mol. The lowest BCUT2D eigenvalue weighted by molar-refractivity contribution is 0.0595. The van der Waals surface area contributed by atoms with Crippen molar-refractivity contribution in [2.45, 2.75) is 39.1 Å². The Morgan fingerprint density at radius 2 is 2.00 bits per heavy atom. The van der Waals surface area contributed by atoms with Gasteiger partial charge in [0.05, 0.1) is 24.0 Å². The minimum absolute atomic E-state index is 0.0501. The third-order valence-corrected chi connectivity index (χ3v) is 6.28. The molecule has 0 amide bonds. The van der Waals surface area contributed by atoms with E-state index in [1.165, 1.54) is 0 Å². The average Bonchev–Trinajstić information content (AvgIpc) is 3.56. The van der Waals surface area contributed by atoms with Gasteiger partial charge in [-0.3, -0.25) is 4.57 Å². The normalized spacial score (nSPS) is 16.5. The van der Waals surface area contributed by atoms with Gasteiger partial charge >= 0.3 is 0 Å². The van der Waals surface area contributed by atoms with Gasteiger partial charge in [-0.15, -0.1) is 10.2 Å². The van der Waals surface area contributed by atoms with Crippen molar-refractivity contribution in [1.82, 2.24) is 24.3 Å². The fourth-order valence-corrected chi connectivity index (χ4v) is 4.53. The van der Waals surface area contributed by atoms with Crippen LogP contribution in [0.1, 0.15) is 42.7 Å².